The molecular weight excluding hydrogens is 400 g/mol. The first kappa shape index (κ1) is 21.1. The Bertz CT molecular complexity index is 1000. The van der Waals surface area contributed by atoms with E-state index in [1.165, 1.54) is 12.0 Å². The molecule has 2 aromatic rings. The van der Waals surface area contributed by atoms with Gasteiger partial charge in [0, 0.05) is 49.1 Å². The van der Waals surface area contributed by atoms with Crippen molar-refractivity contribution in [1.82, 2.24) is 14.9 Å². The maximum atomic E-state index is 12.8. The summed E-state index contributed by atoms with van der Waals surface area (Å²) in [5.74, 6) is 2.46. The molecule has 3 aliphatic rings. The highest BCUT2D eigenvalue weighted by molar-refractivity contribution is 5.95. The van der Waals surface area contributed by atoms with Gasteiger partial charge in [0.25, 0.3) is 0 Å². The standard InChI is InChI=1S/C26H32N4O2/c1-18-22-12-13-23(31)30(15-6-9-19-7-3-2-4-8-19)25(22)28-24(27-18)21-14-16-29(17-21)26(32)20-10-5-11-20/h2-4,7-8,20-21H,5-6,9-17H2,1H3/t21-/m1/s1. The van der Waals surface area contributed by atoms with Crippen LogP contribution in [0.4, 0.5) is 5.82 Å². The first-order valence-electron chi connectivity index (χ1n) is 12.1. The largest absolute Gasteiger partial charge is 0.342 e. The van der Waals surface area contributed by atoms with Gasteiger partial charge in [0.2, 0.25) is 11.8 Å². The van der Waals surface area contributed by atoms with Crippen molar-refractivity contribution in [3.8, 4) is 0 Å². The summed E-state index contributed by atoms with van der Waals surface area (Å²) in [5.41, 5.74) is 3.38. The number of fused-ring (bicyclic) bond motifs is 1. The predicted octanol–water partition coefficient (Wildman–Crippen LogP) is 3.81. The zero-order valence-electron chi connectivity index (χ0n) is 18.9. The van der Waals surface area contributed by atoms with Gasteiger partial charge in [-0.05, 0) is 51.0 Å². The molecule has 6 heteroatoms. The number of anilines is 1. The molecule has 0 N–H and O–H groups in total. The van der Waals surface area contributed by atoms with Gasteiger partial charge in [-0.3, -0.25) is 14.5 Å². The Morgan fingerprint density at radius 1 is 1.09 bits per heavy atom. The Morgan fingerprint density at radius 2 is 1.91 bits per heavy atom. The third-order valence-corrected chi connectivity index (χ3v) is 7.36. The lowest BCUT2D eigenvalue weighted by Crippen LogP contribution is -2.38. The van der Waals surface area contributed by atoms with Crippen molar-refractivity contribution in [2.75, 3.05) is 24.5 Å². The van der Waals surface area contributed by atoms with Gasteiger partial charge in [-0.2, -0.15) is 0 Å². The molecule has 1 saturated heterocycles. The van der Waals surface area contributed by atoms with Crippen LogP contribution >= 0.6 is 0 Å². The molecule has 0 spiro atoms. The summed E-state index contributed by atoms with van der Waals surface area (Å²) in [6.07, 6.45) is 7.23. The van der Waals surface area contributed by atoms with E-state index in [4.69, 9.17) is 9.97 Å². The normalized spacial score (nSPS) is 20.9. The Labute approximate surface area is 190 Å². The average molecular weight is 433 g/mol. The van der Waals surface area contributed by atoms with Crippen LogP contribution in [-0.2, 0) is 22.4 Å². The summed E-state index contributed by atoms with van der Waals surface area (Å²) >= 11 is 0. The molecule has 1 atom stereocenters. The van der Waals surface area contributed by atoms with E-state index in [0.29, 0.717) is 31.8 Å². The Balaban J connectivity index is 1.32. The van der Waals surface area contributed by atoms with Crippen LogP contribution in [0.5, 0.6) is 0 Å². The lowest BCUT2D eigenvalue weighted by atomic mass is 9.84. The van der Waals surface area contributed by atoms with Gasteiger partial charge in [-0.15, -0.1) is 0 Å². The first-order chi connectivity index (χ1) is 15.6. The predicted molar refractivity (Wildman–Crippen MR) is 123 cm³/mol. The molecule has 0 unspecified atom stereocenters. The van der Waals surface area contributed by atoms with Crippen LogP contribution in [0.1, 0.15) is 67.1 Å². The van der Waals surface area contributed by atoms with Crippen molar-refractivity contribution >= 4 is 17.6 Å². The molecule has 1 aromatic carbocycles. The lowest BCUT2D eigenvalue weighted by molar-refractivity contribution is -0.137. The van der Waals surface area contributed by atoms with Gasteiger partial charge >= 0.3 is 0 Å². The van der Waals surface area contributed by atoms with Crippen molar-refractivity contribution in [3.63, 3.8) is 0 Å². The molecule has 0 radical (unpaired) electrons. The number of carbonyl (C=O) groups is 2. The second-order valence-corrected chi connectivity index (χ2v) is 9.50. The lowest BCUT2D eigenvalue weighted by Gasteiger charge is -2.30. The number of amides is 2. The molecule has 0 bridgehead atoms. The monoisotopic (exact) mass is 432 g/mol. The van der Waals surface area contributed by atoms with E-state index in [0.717, 1.165) is 61.5 Å². The molecular formula is C26H32N4O2. The minimum Gasteiger partial charge on any atom is -0.342 e. The number of likely N-dealkylation sites (tertiary alicyclic amines) is 1. The highest BCUT2D eigenvalue weighted by atomic mass is 16.2. The molecule has 5 rings (SSSR count). The number of hydrogen-bond donors (Lipinski definition) is 0. The van der Waals surface area contributed by atoms with Gasteiger partial charge in [-0.25, -0.2) is 9.97 Å². The van der Waals surface area contributed by atoms with Crippen molar-refractivity contribution < 1.29 is 9.59 Å². The van der Waals surface area contributed by atoms with Crippen molar-refractivity contribution in [3.05, 3.63) is 53.0 Å². The van der Waals surface area contributed by atoms with Gasteiger partial charge < -0.3 is 4.90 Å². The topological polar surface area (TPSA) is 66.4 Å². The van der Waals surface area contributed by atoms with Gasteiger partial charge in [0.05, 0.1) is 0 Å². The second kappa shape index (κ2) is 9.00. The smallest absolute Gasteiger partial charge is 0.228 e. The number of aryl methyl sites for hydroxylation is 2. The van der Waals surface area contributed by atoms with Crippen LogP contribution < -0.4 is 4.90 Å². The molecule has 168 valence electrons. The SMILES string of the molecule is Cc1nc([C@@H]2CCN(C(=O)C3CCC3)C2)nc2c1CCC(=O)N2CCCc1ccccc1. The maximum Gasteiger partial charge on any atom is 0.228 e. The number of aromatic nitrogens is 2. The Morgan fingerprint density at radius 3 is 2.66 bits per heavy atom. The van der Waals surface area contributed by atoms with Crippen LogP contribution in [0.15, 0.2) is 30.3 Å². The number of benzene rings is 1. The van der Waals surface area contributed by atoms with Crippen molar-refractivity contribution in [1.29, 1.82) is 0 Å². The van der Waals surface area contributed by atoms with Crippen molar-refractivity contribution in [2.45, 2.75) is 64.2 Å². The molecule has 3 heterocycles. The van der Waals surface area contributed by atoms with E-state index < -0.39 is 0 Å². The van der Waals surface area contributed by atoms with Crippen LogP contribution in [0.2, 0.25) is 0 Å². The summed E-state index contributed by atoms with van der Waals surface area (Å²) < 4.78 is 0. The summed E-state index contributed by atoms with van der Waals surface area (Å²) in [5, 5.41) is 0. The van der Waals surface area contributed by atoms with E-state index in [1.54, 1.807) is 0 Å². The fraction of sp³-hybridized carbons (Fsp3) is 0.538. The molecule has 1 aromatic heterocycles. The Hall–Kier alpha value is -2.76. The van der Waals surface area contributed by atoms with E-state index in [1.807, 2.05) is 22.8 Å². The fourth-order valence-corrected chi connectivity index (χ4v) is 5.19. The zero-order valence-corrected chi connectivity index (χ0v) is 18.9. The van der Waals surface area contributed by atoms with E-state index in [-0.39, 0.29) is 17.7 Å². The van der Waals surface area contributed by atoms with Crippen LogP contribution in [0.3, 0.4) is 0 Å². The van der Waals surface area contributed by atoms with Crippen molar-refractivity contribution in [2.24, 2.45) is 5.92 Å². The highest BCUT2D eigenvalue weighted by Crippen LogP contribution is 2.35. The van der Waals surface area contributed by atoms with Crippen LogP contribution in [-0.4, -0.2) is 46.3 Å². The van der Waals surface area contributed by atoms with Gasteiger partial charge in [0.15, 0.2) is 0 Å². The number of carbonyl (C=O) groups excluding carboxylic acids is 2. The molecule has 32 heavy (non-hydrogen) atoms. The van der Waals surface area contributed by atoms with Gasteiger partial charge in [-0.1, -0.05) is 36.8 Å². The zero-order chi connectivity index (χ0) is 22.1. The summed E-state index contributed by atoms with van der Waals surface area (Å²) in [6.45, 7) is 4.20. The Kier molecular flexibility index (Phi) is 5.94. The number of hydrogen-bond acceptors (Lipinski definition) is 4. The summed E-state index contributed by atoms with van der Waals surface area (Å²) in [4.78, 5) is 39.2. The molecule has 1 saturated carbocycles. The van der Waals surface area contributed by atoms with E-state index in [9.17, 15) is 9.59 Å². The third kappa shape index (κ3) is 4.15. The van der Waals surface area contributed by atoms with Gasteiger partial charge in [0.1, 0.15) is 11.6 Å². The quantitative estimate of drug-likeness (QED) is 0.696. The molecule has 1 aliphatic carbocycles. The fourth-order valence-electron chi connectivity index (χ4n) is 5.19. The minimum atomic E-state index is 0.155. The summed E-state index contributed by atoms with van der Waals surface area (Å²) in [7, 11) is 0. The average Bonchev–Trinajstić information content (AvgIpc) is 3.25. The van der Waals surface area contributed by atoms with E-state index in [2.05, 4.69) is 24.3 Å². The van der Waals surface area contributed by atoms with Crippen LogP contribution in [0, 0.1) is 12.8 Å². The molecule has 6 nitrogen and oxygen atoms in total. The first-order valence-corrected chi connectivity index (χ1v) is 12.1. The maximum absolute atomic E-state index is 12.8. The van der Waals surface area contributed by atoms with Crippen LogP contribution in [0.25, 0.3) is 0 Å². The molecule has 2 amide bonds. The second-order valence-electron chi connectivity index (χ2n) is 9.50. The molecule has 2 fully saturated rings. The van der Waals surface area contributed by atoms with E-state index >= 15 is 0 Å². The number of nitrogens with zero attached hydrogens (tertiary/aromatic N) is 4. The number of rotatable bonds is 6. The third-order valence-electron chi connectivity index (χ3n) is 7.36. The summed E-state index contributed by atoms with van der Waals surface area (Å²) in [6, 6.07) is 10.4. The highest BCUT2D eigenvalue weighted by Gasteiger charge is 2.36. The minimum absolute atomic E-state index is 0.155. The molecule has 2 aliphatic heterocycles.